The molecule has 0 aromatic heterocycles. The molecule has 1 aliphatic heterocycles. The zero-order valence-electron chi connectivity index (χ0n) is 18.8. The van der Waals surface area contributed by atoms with Gasteiger partial charge in [0.2, 0.25) is 0 Å². The highest BCUT2D eigenvalue weighted by Gasteiger charge is 2.42. The third-order valence-electron chi connectivity index (χ3n) is 6.22. The molecular weight excluding hydrogens is 442 g/mol. The van der Waals surface area contributed by atoms with E-state index in [-0.39, 0.29) is 6.03 Å². The molecule has 1 N–H and O–H groups in total. The maximum absolute atomic E-state index is 13.2. The number of carbonyl (C=O) groups excluding carboxylic acids is 1. The van der Waals surface area contributed by atoms with Crippen molar-refractivity contribution in [3.05, 3.63) is 125 Å². The van der Waals surface area contributed by atoms with Crippen LogP contribution in [0.3, 0.4) is 0 Å². The van der Waals surface area contributed by atoms with Crippen LogP contribution in [0.15, 0.2) is 114 Å². The summed E-state index contributed by atoms with van der Waals surface area (Å²) in [7, 11) is 0. The van der Waals surface area contributed by atoms with Crippen molar-refractivity contribution in [3.8, 4) is 11.1 Å². The van der Waals surface area contributed by atoms with E-state index < -0.39 is 5.41 Å². The molecule has 0 fully saturated rings. The molecule has 0 radical (unpaired) electrons. The Hall–Kier alpha value is -3.89. The van der Waals surface area contributed by atoms with Gasteiger partial charge >= 0.3 is 6.03 Å². The smallest absolute Gasteiger partial charge is 0.306 e. The van der Waals surface area contributed by atoms with E-state index in [1.807, 2.05) is 84.9 Å². The van der Waals surface area contributed by atoms with Crippen LogP contribution >= 0.6 is 11.6 Å². The predicted octanol–water partition coefficient (Wildman–Crippen LogP) is 7.22. The van der Waals surface area contributed by atoms with E-state index in [9.17, 15) is 4.79 Å². The van der Waals surface area contributed by atoms with Gasteiger partial charge in [0.05, 0.1) is 17.7 Å². The lowest BCUT2D eigenvalue weighted by Crippen LogP contribution is -2.38. The van der Waals surface area contributed by atoms with E-state index in [1.165, 1.54) is 5.01 Å². The molecule has 0 aliphatic carbocycles. The molecule has 5 rings (SSSR count). The zero-order valence-corrected chi connectivity index (χ0v) is 19.5. The van der Waals surface area contributed by atoms with Crippen LogP contribution in [-0.2, 0) is 5.41 Å². The molecule has 1 heterocycles. The fourth-order valence-corrected chi connectivity index (χ4v) is 4.47. The van der Waals surface area contributed by atoms with Gasteiger partial charge < -0.3 is 5.32 Å². The quantitative estimate of drug-likeness (QED) is 0.340. The highest BCUT2D eigenvalue weighted by molar-refractivity contribution is 6.30. The van der Waals surface area contributed by atoms with Crippen molar-refractivity contribution in [3.63, 3.8) is 0 Å². The van der Waals surface area contributed by atoms with E-state index in [1.54, 1.807) is 0 Å². The summed E-state index contributed by atoms with van der Waals surface area (Å²) in [6, 6.07) is 35.5. The summed E-state index contributed by atoms with van der Waals surface area (Å²) < 4.78 is 0. The fourth-order valence-electron chi connectivity index (χ4n) is 4.34. The number of amides is 2. The van der Waals surface area contributed by atoms with Gasteiger partial charge in [-0.1, -0.05) is 96.5 Å². The topological polar surface area (TPSA) is 44.7 Å². The molecule has 4 nitrogen and oxygen atoms in total. The molecule has 1 atom stereocenters. The summed E-state index contributed by atoms with van der Waals surface area (Å²) >= 11 is 6.11. The number of nitrogens with one attached hydrogen (secondary N) is 1. The van der Waals surface area contributed by atoms with Gasteiger partial charge in [-0.25, -0.2) is 9.80 Å². The molecule has 4 aromatic carbocycles. The summed E-state index contributed by atoms with van der Waals surface area (Å²) in [6.07, 6.45) is 0. The maximum atomic E-state index is 13.2. The van der Waals surface area contributed by atoms with Gasteiger partial charge in [0.1, 0.15) is 0 Å². The van der Waals surface area contributed by atoms with Gasteiger partial charge in [0, 0.05) is 10.7 Å². The Morgan fingerprint density at radius 2 is 1.35 bits per heavy atom. The molecule has 0 saturated heterocycles. The normalized spacial score (nSPS) is 17.4. The lowest BCUT2D eigenvalue weighted by atomic mass is 9.76. The van der Waals surface area contributed by atoms with Crippen LogP contribution < -0.4 is 5.32 Å². The Labute approximate surface area is 204 Å². The second-order valence-electron chi connectivity index (χ2n) is 8.58. The van der Waals surface area contributed by atoms with E-state index in [0.29, 0.717) is 11.6 Å². The molecule has 0 saturated carbocycles. The number of nitrogens with zero attached hydrogens (tertiary/aromatic N) is 2. The summed E-state index contributed by atoms with van der Waals surface area (Å²) in [5.41, 5.74) is 5.38. The van der Waals surface area contributed by atoms with Crippen molar-refractivity contribution in [1.82, 2.24) is 5.01 Å². The van der Waals surface area contributed by atoms with E-state index >= 15 is 0 Å². The van der Waals surface area contributed by atoms with Gasteiger partial charge in [-0.2, -0.15) is 5.10 Å². The first kappa shape index (κ1) is 21.9. The Balaban J connectivity index is 1.41. The van der Waals surface area contributed by atoms with Crippen LogP contribution in [0.4, 0.5) is 10.5 Å². The van der Waals surface area contributed by atoms with Crippen molar-refractivity contribution >= 4 is 29.0 Å². The Morgan fingerprint density at radius 1 is 0.794 bits per heavy atom. The number of hydrazone groups is 1. The molecule has 1 aliphatic rings. The molecule has 168 valence electrons. The number of hydrogen-bond donors (Lipinski definition) is 1. The molecule has 2 amide bonds. The first-order valence-corrected chi connectivity index (χ1v) is 11.6. The van der Waals surface area contributed by atoms with Crippen molar-refractivity contribution < 1.29 is 4.79 Å². The minimum atomic E-state index is -0.455. The van der Waals surface area contributed by atoms with Crippen LogP contribution in [0.1, 0.15) is 18.1 Å². The number of rotatable bonds is 4. The molecule has 0 bridgehead atoms. The van der Waals surface area contributed by atoms with Crippen molar-refractivity contribution in [1.29, 1.82) is 0 Å². The van der Waals surface area contributed by atoms with Gasteiger partial charge in [0.25, 0.3) is 0 Å². The van der Waals surface area contributed by atoms with Gasteiger partial charge in [-0.15, -0.1) is 0 Å². The zero-order chi connectivity index (χ0) is 23.5. The first-order chi connectivity index (χ1) is 16.5. The summed E-state index contributed by atoms with van der Waals surface area (Å²) in [5, 5.41) is 9.95. The Morgan fingerprint density at radius 3 is 2.00 bits per heavy atom. The fraction of sp³-hybridized carbons (Fsp3) is 0.103. The number of carbonyl (C=O) groups is 1. The standard InChI is InChI=1S/C29H24ClN3O/c1-29(24-10-6-3-7-11-24)20-33(32-27(29)23-12-16-25(30)17-13-23)28(34)31-26-18-14-22(15-19-26)21-8-4-2-5-9-21/h2-19H,20H2,1H3,(H,31,34). The number of urea groups is 1. The average molecular weight is 466 g/mol. The number of hydrogen-bond acceptors (Lipinski definition) is 2. The summed E-state index contributed by atoms with van der Waals surface area (Å²) in [6.45, 7) is 2.56. The Bertz CT molecular complexity index is 1320. The second kappa shape index (κ2) is 9.16. The number of halogens is 1. The lowest BCUT2D eigenvalue weighted by Gasteiger charge is -2.27. The average Bonchev–Trinajstić information content (AvgIpc) is 3.25. The van der Waals surface area contributed by atoms with Crippen LogP contribution in [-0.4, -0.2) is 23.3 Å². The van der Waals surface area contributed by atoms with Crippen LogP contribution in [0, 0.1) is 0 Å². The first-order valence-electron chi connectivity index (χ1n) is 11.2. The predicted molar refractivity (Wildman–Crippen MR) is 139 cm³/mol. The van der Waals surface area contributed by atoms with Crippen molar-refractivity contribution in [2.45, 2.75) is 12.3 Å². The van der Waals surface area contributed by atoms with E-state index in [4.69, 9.17) is 16.7 Å². The second-order valence-corrected chi connectivity index (χ2v) is 9.02. The minimum absolute atomic E-state index is 0.265. The number of benzene rings is 4. The third kappa shape index (κ3) is 4.33. The largest absolute Gasteiger partial charge is 0.342 e. The molecule has 0 spiro atoms. The number of anilines is 1. The summed E-state index contributed by atoms with van der Waals surface area (Å²) in [4.78, 5) is 13.2. The maximum Gasteiger partial charge on any atom is 0.342 e. The van der Waals surface area contributed by atoms with Crippen LogP contribution in [0.5, 0.6) is 0 Å². The summed E-state index contributed by atoms with van der Waals surface area (Å²) in [5.74, 6) is 0. The van der Waals surface area contributed by atoms with E-state index in [0.717, 1.165) is 33.7 Å². The molecular formula is C29H24ClN3O. The monoisotopic (exact) mass is 465 g/mol. The minimum Gasteiger partial charge on any atom is -0.306 e. The SMILES string of the molecule is CC1(c2ccccc2)CN(C(=O)Nc2ccc(-c3ccccc3)cc2)N=C1c1ccc(Cl)cc1. The van der Waals surface area contributed by atoms with Crippen LogP contribution in [0.2, 0.25) is 5.02 Å². The highest BCUT2D eigenvalue weighted by Crippen LogP contribution is 2.35. The highest BCUT2D eigenvalue weighted by atomic mass is 35.5. The van der Waals surface area contributed by atoms with Gasteiger partial charge in [0.15, 0.2) is 0 Å². The molecule has 34 heavy (non-hydrogen) atoms. The molecule has 4 aromatic rings. The van der Waals surface area contributed by atoms with Crippen molar-refractivity contribution in [2.75, 3.05) is 11.9 Å². The van der Waals surface area contributed by atoms with Crippen molar-refractivity contribution in [2.24, 2.45) is 5.10 Å². The van der Waals surface area contributed by atoms with E-state index in [2.05, 4.69) is 36.5 Å². The van der Waals surface area contributed by atoms with Crippen LogP contribution in [0.25, 0.3) is 11.1 Å². The Kier molecular flexibility index (Phi) is 5.91. The van der Waals surface area contributed by atoms with Gasteiger partial charge in [-0.05, 0) is 53.4 Å². The lowest BCUT2D eigenvalue weighted by molar-refractivity contribution is 0.214. The molecule has 5 heteroatoms. The third-order valence-corrected chi connectivity index (χ3v) is 6.47. The van der Waals surface area contributed by atoms with Gasteiger partial charge in [-0.3, -0.25) is 0 Å². The molecule has 1 unspecified atom stereocenters.